The van der Waals surface area contributed by atoms with Crippen molar-refractivity contribution in [1.82, 2.24) is 4.72 Å². The maximum absolute atomic E-state index is 11.8. The zero-order chi connectivity index (χ0) is 13.9. The van der Waals surface area contributed by atoms with E-state index in [0.717, 1.165) is 6.07 Å². The van der Waals surface area contributed by atoms with Gasteiger partial charge in [-0.2, -0.15) is 4.72 Å². The molecule has 0 saturated carbocycles. The van der Waals surface area contributed by atoms with Crippen LogP contribution in [0.2, 0.25) is 0 Å². The molecule has 7 heteroatoms. The van der Waals surface area contributed by atoms with Crippen molar-refractivity contribution >= 4 is 15.7 Å². The molecule has 0 aromatic heterocycles. The monoisotopic (exact) mass is 268 g/mol. The highest BCUT2D eigenvalue weighted by Crippen LogP contribution is 2.25. The van der Waals surface area contributed by atoms with Crippen molar-refractivity contribution in [3.8, 4) is 12.3 Å². The Labute approximate surface area is 105 Å². The fourth-order valence-electron chi connectivity index (χ4n) is 1.37. The number of nitro groups is 1. The van der Waals surface area contributed by atoms with Crippen molar-refractivity contribution in [2.75, 3.05) is 6.54 Å². The smallest absolute Gasteiger partial charge is 0.258 e. The van der Waals surface area contributed by atoms with Crippen molar-refractivity contribution < 1.29 is 13.3 Å². The van der Waals surface area contributed by atoms with Crippen molar-refractivity contribution in [2.24, 2.45) is 0 Å². The number of benzene rings is 1. The fourth-order valence-corrected chi connectivity index (χ4v) is 2.41. The minimum absolute atomic E-state index is 0.160. The molecule has 0 spiro atoms. The molecule has 6 nitrogen and oxygen atoms in total. The molecular formula is C11H12N2O4S. The number of nitrogens with one attached hydrogen (secondary N) is 1. The van der Waals surface area contributed by atoms with Crippen molar-refractivity contribution in [2.45, 2.75) is 18.7 Å². The molecule has 0 saturated heterocycles. The molecule has 18 heavy (non-hydrogen) atoms. The lowest BCUT2D eigenvalue weighted by molar-refractivity contribution is -0.385. The molecule has 0 radical (unpaired) electrons. The van der Waals surface area contributed by atoms with E-state index in [2.05, 4.69) is 10.6 Å². The second-order valence-electron chi connectivity index (χ2n) is 3.67. The van der Waals surface area contributed by atoms with Gasteiger partial charge < -0.3 is 0 Å². The van der Waals surface area contributed by atoms with Crippen LogP contribution in [0.4, 0.5) is 5.69 Å². The number of hydrogen-bond acceptors (Lipinski definition) is 4. The Morgan fingerprint density at radius 1 is 1.44 bits per heavy atom. The second-order valence-corrected chi connectivity index (χ2v) is 5.44. The summed E-state index contributed by atoms with van der Waals surface area (Å²) in [4.78, 5) is 10.1. The van der Waals surface area contributed by atoms with Gasteiger partial charge in [-0.05, 0) is 25.5 Å². The van der Waals surface area contributed by atoms with Crippen LogP contribution in [0.15, 0.2) is 17.0 Å². The Kier molecular flexibility index (Phi) is 4.06. The van der Waals surface area contributed by atoms with Crippen LogP contribution < -0.4 is 4.72 Å². The van der Waals surface area contributed by atoms with E-state index in [1.807, 2.05) is 0 Å². The van der Waals surface area contributed by atoms with E-state index in [9.17, 15) is 18.5 Å². The first kappa shape index (κ1) is 14.2. The summed E-state index contributed by atoms with van der Waals surface area (Å²) in [5, 5.41) is 10.8. The molecule has 1 aromatic rings. The van der Waals surface area contributed by atoms with E-state index in [0.29, 0.717) is 11.1 Å². The molecule has 96 valence electrons. The van der Waals surface area contributed by atoms with E-state index in [1.165, 1.54) is 6.07 Å². The lowest BCUT2D eigenvalue weighted by Crippen LogP contribution is -2.24. The van der Waals surface area contributed by atoms with Gasteiger partial charge in [0, 0.05) is 11.6 Å². The summed E-state index contributed by atoms with van der Waals surface area (Å²) in [6, 6.07) is 2.41. The van der Waals surface area contributed by atoms with Gasteiger partial charge in [0.25, 0.3) is 5.69 Å². The van der Waals surface area contributed by atoms with Gasteiger partial charge in [-0.3, -0.25) is 10.1 Å². The predicted octanol–water partition coefficient (Wildman–Crippen LogP) is 1.12. The summed E-state index contributed by atoms with van der Waals surface area (Å²) in [7, 11) is -3.81. The van der Waals surface area contributed by atoms with Gasteiger partial charge in [0.1, 0.15) is 0 Å². The molecule has 0 aliphatic rings. The summed E-state index contributed by atoms with van der Waals surface area (Å²) in [5.74, 6) is 2.13. The van der Waals surface area contributed by atoms with Gasteiger partial charge >= 0.3 is 0 Å². The predicted molar refractivity (Wildman–Crippen MR) is 66.6 cm³/mol. The van der Waals surface area contributed by atoms with Gasteiger partial charge in [-0.1, -0.05) is 5.92 Å². The molecule has 0 aliphatic heterocycles. The van der Waals surface area contributed by atoms with Crippen LogP contribution >= 0.6 is 0 Å². The third-order valence-electron chi connectivity index (χ3n) is 2.48. The first-order valence-electron chi connectivity index (χ1n) is 4.98. The third-order valence-corrected chi connectivity index (χ3v) is 3.87. The summed E-state index contributed by atoms with van der Waals surface area (Å²) in [6.45, 7) is 3.02. The standard InChI is InChI=1S/C11H12N2O4S/c1-4-5-12-18(16,17)10-6-8(2)9(3)11(7-10)13(14)15/h1,6-7,12H,5H2,2-3H3. The summed E-state index contributed by atoms with van der Waals surface area (Å²) in [5.41, 5.74) is 0.747. The van der Waals surface area contributed by atoms with E-state index in [1.54, 1.807) is 13.8 Å². The molecule has 0 fully saturated rings. The molecule has 0 atom stereocenters. The Morgan fingerprint density at radius 3 is 2.56 bits per heavy atom. The number of nitrogens with zero attached hydrogens (tertiary/aromatic N) is 1. The maximum Gasteiger partial charge on any atom is 0.273 e. The molecule has 0 unspecified atom stereocenters. The van der Waals surface area contributed by atoms with Crippen molar-refractivity contribution in [3.63, 3.8) is 0 Å². The highest BCUT2D eigenvalue weighted by atomic mass is 32.2. The molecule has 1 N–H and O–H groups in total. The first-order chi connectivity index (χ1) is 8.29. The van der Waals surface area contributed by atoms with E-state index < -0.39 is 14.9 Å². The normalized spacial score (nSPS) is 10.9. The van der Waals surface area contributed by atoms with Crippen LogP contribution in [-0.2, 0) is 10.0 Å². The van der Waals surface area contributed by atoms with Gasteiger partial charge in [0.05, 0.1) is 16.4 Å². The number of terminal acetylenes is 1. The molecule has 0 aliphatic carbocycles. The highest BCUT2D eigenvalue weighted by molar-refractivity contribution is 7.89. The van der Waals surface area contributed by atoms with Crippen LogP contribution in [-0.4, -0.2) is 19.9 Å². The van der Waals surface area contributed by atoms with E-state index >= 15 is 0 Å². The third kappa shape index (κ3) is 2.85. The quantitative estimate of drug-likeness (QED) is 0.503. The average molecular weight is 268 g/mol. The Morgan fingerprint density at radius 2 is 2.06 bits per heavy atom. The Balaban J connectivity index is 3.36. The lowest BCUT2D eigenvalue weighted by Gasteiger charge is -2.07. The zero-order valence-corrected chi connectivity index (χ0v) is 10.7. The van der Waals surface area contributed by atoms with E-state index in [4.69, 9.17) is 6.42 Å². The second kappa shape index (κ2) is 5.16. The van der Waals surface area contributed by atoms with Crippen LogP contribution in [0.5, 0.6) is 0 Å². The van der Waals surface area contributed by atoms with Crippen LogP contribution in [0.1, 0.15) is 11.1 Å². The fraction of sp³-hybridized carbons (Fsp3) is 0.273. The largest absolute Gasteiger partial charge is 0.273 e. The Bertz CT molecular complexity index is 629. The first-order valence-corrected chi connectivity index (χ1v) is 6.46. The van der Waals surface area contributed by atoms with Gasteiger partial charge in [-0.15, -0.1) is 6.42 Å². The van der Waals surface area contributed by atoms with Crippen LogP contribution in [0.25, 0.3) is 0 Å². The Hall–Kier alpha value is -1.91. The van der Waals surface area contributed by atoms with Gasteiger partial charge in [0.15, 0.2) is 0 Å². The van der Waals surface area contributed by atoms with Gasteiger partial charge in [0.2, 0.25) is 10.0 Å². The SMILES string of the molecule is C#CCNS(=O)(=O)c1cc(C)c(C)c([N+](=O)[O-])c1. The van der Waals surface area contributed by atoms with Crippen molar-refractivity contribution in [3.05, 3.63) is 33.4 Å². The number of hydrogen-bond donors (Lipinski definition) is 1. The minimum atomic E-state index is -3.81. The number of nitro benzene ring substituents is 1. The molecule has 0 bridgehead atoms. The molecular weight excluding hydrogens is 256 g/mol. The average Bonchev–Trinajstić information content (AvgIpc) is 2.29. The highest BCUT2D eigenvalue weighted by Gasteiger charge is 2.21. The van der Waals surface area contributed by atoms with Gasteiger partial charge in [-0.25, -0.2) is 8.42 Å². The lowest BCUT2D eigenvalue weighted by atomic mass is 10.1. The number of aryl methyl sites for hydroxylation is 1. The zero-order valence-electron chi connectivity index (χ0n) is 9.93. The molecule has 0 amide bonds. The number of sulfonamides is 1. The molecule has 0 heterocycles. The minimum Gasteiger partial charge on any atom is -0.258 e. The maximum atomic E-state index is 11.8. The van der Waals surface area contributed by atoms with Crippen molar-refractivity contribution in [1.29, 1.82) is 0 Å². The summed E-state index contributed by atoms with van der Waals surface area (Å²) in [6.07, 6.45) is 4.96. The molecule has 1 rings (SSSR count). The summed E-state index contributed by atoms with van der Waals surface area (Å²) >= 11 is 0. The van der Waals surface area contributed by atoms with E-state index in [-0.39, 0.29) is 17.1 Å². The topological polar surface area (TPSA) is 89.3 Å². The molecule has 1 aromatic carbocycles. The summed E-state index contributed by atoms with van der Waals surface area (Å²) < 4.78 is 25.8. The van der Waals surface area contributed by atoms with Crippen LogP contribution in [0.3, 0.4) is 0 Å². The number of rotatable bonds is 4. The van der Waals surface area contributed by atoms with Crippen LogP contribution in [0, 0.1) is 36.3 Å².